The Kier molecular flexibility index (Phi) is 5.84. The van der Waals surface area contributed by atoms with Crippen molar-refractivity contribution in [2.24, 2.45) is 0 Å². The van der Waals surface area contributed by atoms with Crippen LogP contribution in [0.1, 0.15) is 19.3 Å². The molecule has 1 saturated heterocycles. The number of aromatic nitrogens is 2. The molecule has 1 aromatic heterocycles. The van der Waals surface area contributed by atoms with Gasteiger partial charge in [0.25, 0.3) is 0 Å². The van der Waals surface area contributed by atoms with Crippen LogP contribution in [0.25, 0.3) is 0 Å². The minimum atomic E-state index is 0.550. The van der Waals surface area contributed by atoms with Gasteiger partial charge in [-0.1, -0.05) is 6.42 Å². The normalized spacial score (nSPS) is 19.1. The first-order chi connectivity index (χ1) is 9.38. The summed E-state index contributed by atoms with van der Waals surface area (Å²) in [6.07, 6.45) is 5.41. The van der Waals surface area contributed by atoms with E-state index in [0.717, 1.165) is 31.3 Å². The van der Waals surface area contributed by atoms with Crippen LogP contribution in [0.5, 0.6) is 0 Å². The summed E-state index contributed by atoms with van der Waals surface area (Å²) in [5.74, 6) is 1.69. The molecule has 1 aliphatic rings. The molecular formula is C13H23N5O. The second-order valence-corrected chi connectivity index (χ2v) is 4.74. The van der Waals surface area contributed by atoms with Crippen molar-refractivity contribution in [2.75, 3.05) is 44.0 Å². The van der Waals surface area contributed by atoms with Crippen molar-refractivity contribution in [3.05, 3.63) is 12.4 Å². The van der Waals surface area contributed by atoms with Gasteiger partial charge < -0.3 is 20.7 Å². The van der Waals surface area contributed by atoms with Crippen LogP contribution in [-0.2, 0) is 4.74 Å². The van der Waals surface area contributed by atoms with Crippen LogP contribution in [0.15, 0.2) is 12.4 Å². The average molecular weight is 265 g/mol. The van der Waals surface area contributed by atoms with E-state index in [9.17, 15) is 0 Å². The van der Waals surface area contributed by atoms with E-state index in [4.69, 9.17) is 4.74 Å². The molecule has 0 saturated carbocycles. The summed E-state index contributed by atoms with van der Waals surface area (Å²) in [6.45, 7) is 3.45. The van der Waals surface area contributed by atoms with E-state index in [1.54, 1.807) is 13.4 Å². The molecule has 6 nitrogen and oxygen atoms in total. The lowest BCUT2D eigenvalue weighted by molar-refractivity contribution is 0.210. The van der Waals surface area contributed by atoms with Crippen LogP contribution in [0.3, 0.4) is 0 Å². The van der Waals surface area contributed by atoms with Gasteiger partial charge in [-0.2, -0.15) is 0 Å². The third-order valence-corrected chi connectivity index (χ3v) is 3.22. The van der Waals surface area contributed by atoms with Gasteiger partial charge in [0.05, 0.1) is 6.61 Å². The van der Waals surface area contributed by atoms with Crippen LogP contribution in [0, 0.1) is 0 Å². The molecule has 3 N–H and O–H groups in total. The first kappa shape index (κ1) is 14.0. The smallest absolute Gasteiger partial charge is 0.131 e. The van der Waals surface area contributed by atoms with E-state index in [-0.39, 0.29) is 0 Å². The van der Waals surface area contributed by atoms with E-state index in [2.05, 4.69) is 25.9 Å². The maximum Gasteiger partial charge on any atom is 0.131 e. The minimum absolute atomic E-state index is 0.550. The lowest BCUT2D eigenvalue weighted by atomic mass is 10.1. The number of nitrogens with one attached hydrogen (secondary N) is 3. The van der Waals surface area contributed by atoms with Crippen LogP contribution >= 0.6 is 0 Å². The number of anilines is 2. The molecule has 1 aliphatic heterocycles. The van der Waals surface area contributed by atoms with Crippen molar-refractivity contribution in [3.63, 3.8) is 0 Å². The Morgan fingerprint density at radius 1 is 1.32 bits per heavy atom. The zero-order valence-corrected chi connectivity index (χ0v) is 11.5. The van der Waals surface area contributed by atoms with E-state index in [0.29, 0.717) is 12.6 Å². The quantitative estimate of drug-likeness (QED) is 0.641. The molecular weight excluding hydrogens is 242 g/mol. The summed E-state index contributed by atoms with van der Waals surface area (Å²) in [5, 5.41) is 10.1. The topological polar surface area (TPSA) is 71.1 Å². The van der Waals surface area contributed by atoms with E-state index < -0.39 is 0 Å². The molecule has 1 aromatic rings. The van der Waals surface area contributed by atoms with Gasteiger partial charge in [0.2, 0.25) is 0 Å². The molecule has 1 atom stereocenters. The Morgan fingerprint density at radius 2 is 2.16 bits per heavy atom. The first-order valence-electron chi connectivity index (χ1n) is 6.90. The summed E-state index contributed by atoms with van der Waals surface area (Å²) in [5.41, 5.74) is 0. The van der Waals surface area contributed by atoms with E-state index in [1.807, 2.05) is 6.07 Å². The van der Waals surface area contributed by atoms with E-state index >= 15 is 0 Å². The van der Waals surface area contributed by atoms with Crippen molar-refractivity contribution >= 4 is 11.6 Å². The highest BCUT2D eigenvalue weighted by atomic mass is 16.5. The lowest BCUT2D eigenvalue weighted by Gasteiger charge is -2.23. The van der Waals surface area contributed by atoms with Gasteiger partial charge in [-0.05, 0) is 19.4 Å². The number of hydrogen-bond donors (Lipinski definition) is 3. The van der Waals surface area contributed by atoms with Crippen molar-refractivity contribution in [1.82, 2.24) is 15.3 Å². The number of piperidine rings is 1. The molecule has 19 heavy (non-hydrogen) atoms. The molecule has 0 spiro atoms. The predicted octanol–water partition coefficient (Wildman–Crippen LogP) is 1.09. The van der Waals surface area contributed by atoms with Crippen molar-refractivity contribution in [1.29, 1.82) is 0 Å². The molecule has 0 amide bonds. The standard InChI is InChI=1S/C13H23N5O/c1-19-7-6-15-12-8-13(18-10-17-12)16-9-11-4-2-3-5-14-11/h8,10-11,14H,2-7,9H2,1H3,(H2,15,16,17,18). The Morgan fingerprint density at radius 3 is 2.89 bits per heavy atom. The Balaban J connectivity index is 1.77. The maximum atomic E-state index is 4.99. The summed E-state index contributed by atoms with van der Waals surface area (Å²) in [4.78, 5) is 8.40. The number of methoxy groups -OCH3 is 1. The number of ether oxygens (including phenoxy) is 1. The van der Waals surface area contributed by atoms with Gasteiger partial charge in [0.15, 0.2) is 0 Å². The first-order valence-corrected chi connectivity index (χ1v) is 6.90. The fourth-order valence-corrected chi connectivity index (χ4v) is 2.16. The van der Waals surface area contributed by atoms with Gasteiger partial charge in [0.1, 0.15) is 18.0 Å². The largest absolute Gasteiger partial charge is 0.383 e. The van der Waals surface area contributed by atoms with Gasteiger partial charge in [-0.3, -0.25) is 0 Å². The summed E-state index contributed by atoms with van der Waals surface area (Å²) in [6, 6.07) is 2.48. The SMILES string of the molecule is COCCNc1cc(NCC2CCCCN2)ncn1. The van der Waals surface area contributed by atoms with Crippen LogP contribution in [-0.4, -0.2) is 49.4 Å². The van der Waals surface area contributed by atoms with Crippen molar-refractivity contribution in [3.8, 4) is 0 Å². The highest BCUT2D eigenvalue weighted by Crippen LogP contribution is 2.11. The fraction of sp³-hybridized carbons (Fsp3) is 0.692. The minimum Gasteiger partial charge on any atom is -0.383 e. The molecule has 0 aromatic carbocycles. The second-order valence-electron chi connectivity index (χ2n) is 4.74. The van der Waals surface area contributed by atoms with Gasteiger partial charge in [-0.15, -0.1) is 0 Å². The zero-order valence-electron chi connectivity index (χ0n) is 11.5. The van der Waals surface area contributed by atoms with Crippen molar-refractivity contribution in [2.45, 2.75) is 25.3 Å². The molecule has 106 valence electrons. The van der Waals surface area contributed by atoms with Crippen molar-refractivity contribution < 1.29 is 4.74 Å². The van der Waals surface area contributed by atoms with Crippen LogP contribution < -0.4 is 16.0 Å². The van der Waals surface area contributed by atoms with Gasteiger partial charge in [-0.25, -0.2) is 9.97 Å². The second kappa shape index (κ2) is 7.91. The average Bonchev–Trinajstić information content (AvgIpc) is 2.47. The summed E-state index contributed by atoms with van der Waals surface area (Å²) < 4.78 is 4.99. The predicted molar refractivity (Wildman–Crippen MR) is 76.5 cm³/mol. The number of hydrogen-bond acceptors (Lipinski definition) is 6. The molecule has 6 heteroatoms. The monoisotopic (exact) mass is 265 g/mol. The molecule has 0 aliphatic carbocycles. The third-order valence-electron chi connectivity index (χ3n) is 3.22. The summed E-state index contributed by atoms with van der Waals surface area (Å²) >= 11 is 0. The Labute approximate surface area is 114 Å². The van der Waals surface area contributed by atoms with Gasteiger partial charge >= 0.3 is 0 Å². The third kappa shape index (κ3) is 5.00. The number of nitrogens with zero attached hydrogens (tertiary/aromatic N) is 2. The highest BCUT2D eigenvalue weighted by Gasteiger charge is 2.12. The molecule has 1 unspecified atom stereocenters. The molecule has 2 rings (SSSR count). The lowest BCUT2D eigenvalue weighted by Crippen LogP contribution is -2.39. The number of rotatable bonds is 7. The molecule has 2 heterocycles. The molecule has 0 radical (unpaired) electrons. The zero-order chi connectivity index (χ0) is 13.3. The van der Waals surface area contributed by atoms with Crippen LogP contribution in [0.4, 0.5) is 11.6 Å². The van der Waals surface area contributed by atoms with E-state index in [1.165, 1.54) is 19.3 Å². The summed E-state index contributed by atoms with van der Waals surface area (Å²) in [7, 11) is 1.69. The Bertz CT molecular complexity index is 368. The van der Waals surface area contributed by atoms with Gasteiger partial charge in [0, 0.05) is 32.3 Å². The maximum absolute atomic E-state index is 4.99. The Hall–Kier alpha value is -1.40. The highest BCUT2D eigenvalue weighted by molar-refractivity contribution is 5.46. The molecule has 1 fully saturated rings. The fourth-order valence-electron chi connectivity index (χ4n) is 2.16. The van der Waals surface area contributed by atoms with Crippen LogP contribution in [0.2, 0.25) is 0 Å². The molecule has 0 bridgehead atoms.